The van der Waals surface area contributed by atoms with Crippen LogP contribution in [0.15, 0.2) is 47.7 Å². The molecule has 3 aromatic heterocycles. The van der Waals surface area contributed by atoms with Crippen molar-refractivity contribution in [2.75, 3.05) is 5.32 Å². The number of anilines is 2. The second kappa shape index (κ2) is 6.17. The number of halogens is 2. The van der Waals surface area contributed by atoms with Crippen molar-refractivity contribution in [2.24, 2.45) is 0 Å². The molecular formula is C20H14Cl2N4O2. The number of benzene rings is 1. The highest BCUT2D eigenvalue weighted by molar-refractivity contribution is 6.39. The van der Waals surface area contributed by atoms with Gasteiger partial charge in [0.15, 0.2) is 0 Å². The Hall–Kier alpha value is -2.67. The van der Waals surface area contributed by atoms with E-state index in [0.717, 1.165) is 0 Å². The van der Waals surface area contributed by atoms with Gasteiger partial charge in [-0.25, -0.2) is 4.98 Å². The van der Waals surface area contributed by atoms with Gasteiger partial charge in [-0.2, -0.15) is 0 Å². The minimum Gasteiger partial charge on any atom is -0.385 e. The first-order valence-corrected chi connectivity index (χ1v) is 9.46. The summed E-state index contributed by atoms with van der Waals surface area (Å²) in [5.41, 5.74) is 0.730. The molecule has 1 fully saturated rings. The van der Waals surface area contributed by atoms with E-state index < -0.39 is 5.60 Å². The summed E-state index contributed by atoms with van der Waals surface area (Å²) in [7, 11) is 0. The van der Waals surface area contributed by atoms with Crippen LogP contribution in [0.5, 0.6) is 0 Å². The zero-order valence-electron chi connectivity index (χ0n) is 14.5. The standard InChI is InChI=1S/C20H14Cl2N4O2/c21-13-7-10(20(28)3-4-20)8-14(22)17(13)26-18-11-1-6-24-19(27)16(11)12-9-23-5-2-15(12)25-18/h1-2,5-9,28H,3-4H2,(H,24,27)(H,25,26). The van der Waals surface area contributed by atoms with Crippen molar-refractivity contribution in [3.8, 4) is 0 Å². The van der Waals surface area contributed by atoms with Gasteiger partial charge in [-0.3, -0.25) is 9.78 Å². The number of hydrogen-bond acceptors (Lipinski definition) is 5. The Bertz CT molecular complexity index is 1290. The predicted octanol–water partition coefficient (Wildman–Crippen LogP) is 4.50. The molecule has 1 aliphatic rings. The molecule has 0 radical (unpaired) electrons. The molecule has 28 heavy (non-hydrogen) atoms. The highest BCUT2D eigenvalue weighted by Crippen LogP contribution is 2.48. The molecule has 140 valence electrons. The molecule has 8 heteroatoms. The number of pyridine rings is 3. The van der Waals surface area contributed by atoms with Crippen molar-refractivity contribution < 1.29 is 5.11 Å². The quantitative estimate of drug-likeness (QED) is 0.430. The first kappa shape index (κ1) is 17.4. The molecule has 6 nitrogen and oxygen atoms in total. The first-order valence-electron chi connectivity index (χ1n) is 8.70. The number of aromatic nitrogens is 3. The zero-order valence-corrected chi connectivity index (χ0v) is 16.0. The molecule has 4 aromatic rings. The van der Waals surface area contributed by atoms with Crippen LogP contribution in [-0.2, 0) is 5.60 Å². The molecule has 0 atom stereocenters. The summed E-state index contributed by atoms with van der Waals surface area (Å²) >= 11 is 12.9. The molecule has 0 aliphatic heterocycles. The third kappa shape index (κ3) is 2.73. The SMILES string of the molecule is O=c1[nH]ccc2c(Nc3c(Cl)cc(C4(O)CC4)cc3Cl)nc3ccncc3c12. The molecular weight excluding hydrogens is 399 g/mol. The van der Waals surface area contributed by atoms with Crippen LogP contribution in [0, 0.1) is 0 Å². The van der Waals surface area contributed by atoms with E-state index in [1.807, 2.05) is 0 Å². The van der Waals surface area contributed by atoms with Crippen LogP contribution < -0.4 is 10.9 Å². The van der Waals surface area contributed by atoms with Crippen LogP contribution in [0.3, 0.4) is 0 Å². The summed E-state index contributed by atoms with van der Waals surface area (Å²) in [6.45, 7) is 0. The van der Waals surface area contributed by atoms with E-state index in [4.69, 9.17) is 23.2 Å². The van der Waals surface area contributed by atoms with Crippen molar-refractivity contribution in [2.45, 2.75) is 18.4 Å². The van der Waals surface area contributed by atoms with E-state index in [1.54, 1.807) is 42.9 Å². The highest BCUT2D eigenvalue weighted by Gasteiger charge is 2.42. The van der Waals surface area contributed by atoms with Crippen molar-refractivity contribution in [3.05, 3.63) is 68.8 Å². The maximum absolute atomic E-state index is 12.5. The lowest BCUT2D eigenvalue weighted by Gasteiger charge is -2.16. The Morgan fingerprint density at radius 2 is 1.89 bits per heavy atom. The van der Waals surface area contributed by atoms with E-state index >= 15 is 0 Å². The molecule has 1 aliphatic carbocycles. The molecule has 5 rings (SSSR count). The van der Waals surface area contributed by atoms with Gasteiger partial charge in [-0.05, 0) is 42.7 Å². The van der Waals surface area contributed by atoms with Crippen LogP contribution >= 0.6 is 23.2 Å². The summed E-state index contributed by atoms with van der Waals surface area (Å²) in [6, 6.07) is 6.92. The van der Waals surface area contributed by atoms with Gasteiger partial charge in [0.1, 0.15) is 5.82 Å². The summed E-state index contributed by atoms with van der Waals surface area (Å²) in [5.74, 6) is 0.460. The molecule has 0 spiro atoms. The molecule has 0 amide bonds. The maximum atomic E-state index is 12.5. The van der Waals surface area contributed by atoms with E-state index in [2.05, 4.69) is 20.3 Å². The van der Waals surface area contributed by atoms with Gasteiger partial charge in [0.2, 0.25) is 0 Å². The number of rotatable bonds is 3. The van der Waals surface area contributed by atoms with E-state index in [1.165, 1.54) is 0 Å². The fraction of sp³-hybridized carbons (Fsp3) is 0.150. The second-order valence-corrected chi connectivity index (χ2v) is 7.73. The summed E-state index contributed by atoms with van der Waals surface area (Å²) in [5, 5.41) is 16.0. The lowest BCUT2D eigenvalue weighted by molar-refractivity contribution is 0.151. The van der Waals surface area contributed by atoms with Crippen molar-refractivity contribution in [1.82, 2.24) is 15.0 Å². The van der Waals surface area contributed by atoms with Crippen LogP contribution in [0.1, 0.15) is 18.4 Å². The Kier molecular flexibility index (Phi) is 3.84. The van der Waals surface area contributed by atoms with Crippen molar-refractivity contribution >= 4 is 56.4 Å². The number of nitrogens with one attached hydrogen (secondary N) is 2. The number of hydrogen-bond donors (Lipinski definition) is 3. The maximum Gasteiger partial charge on any atom is 0.256 e. The van der Waals surface area contributed by atoms with Crippen molar-refractivity contribution in [3.63, 3.8) is 0 Å². The Labute approximate surface area is 169 Å². The fourth-order valence-electron chi connectivity index (χ4n) is 3.38. The number of H-pyrrole nitrogens is 1. The van der Waals surface area contributed by atoms with Gasteiger partial charge < -0.3 is 15.4 Å². The van der Waals surface area contributed by atoms with Crippen molar-refractivity contribution in [1.29, 1.82) is 0 Å². The summed E-state index contributed by atoms with van der Waals surface area (Å²) in [4.78, 5) is 23.9. The average Bonchev–Trinajstić information content (AvgIpc) is 3.43. The average molecular weight is 413 g/mol. The van der Waals surface area contributed by atoms with Gasteiger partial charge in [0, 0.05) is 29.4 Å². The lowest BCUT2D eigenvalue weighted by atomic mass is 10.1. The molecule has 0 saturated heterocycles. The molecule has 3 heterocycles. The fourth-order valence-corrected chi connectivity index (χ4v) is 3.96. The largest absolute Gasteiger partial charge is 0.385 e. The van der Waals surface area contributed by atoms with Crippen LogP contribution in [0.4, 0.5) is 11.5 Å². The summed E-state index contributed by atoms with van der Waals surface area (Å²) in [6.07, 6.45) is 6.19. The monoisotopic (exact) mass is 412 g/mol. The molecule has 0 unspecified atom stereocenters. The number of aromatic amines is 1. The number of fused-ring (bicyclic) bond motifs is 3. The smallest absolute Gasteiger partial charge is 0.256 e. The Morgan fingerprint density at radius 3 is 2.61 bits per heavy atom. The minimum absolute atomic E-state index is 0.232. The zero-order chi connectivity index (χ0) is 19.5. The third-order valence-corrected chi connectivity index (χ3v) is 5.66. The second-order valence-electron chi connectivity index (χ2n) is 6.92. The van der Waals surface area contributed by atoms with Crippen LogP contribution in [-0.4, -0.2) is 20.1 Å². The normalized spacial score (nSPS) is 15.1. The topological polar surface area (TPSA) is 90.9 Å². The Morgan fingerprint density at radius 1 is 1.14 bits per heavy atom. The molecule has 3 N–H and O–H groups in total. The number of aliphatic hydroxyl groups is 1. The van der Waals surface area contributed by atoms with Crippen LogP contribution in [0.25, 0.3) is 21.7 Å². The number of nitrogens with zero attached hydrogens (tertiary/aromatic N) is 2. The van der Waals surface area contributed by atoms with Gasteiger partial charge in [0.05, 0.1) is 32.2 Å². The first-order chi connectivity index (χ1) is 13.5. The van der Waals surface area contributed by atoms with E-state index in [-0.39, 0.29) is 5.56 Å². The van der Waals surface area contributed by atoms with Gasteiger partial charge in [-0.15, -0.1) is 0 Å². The molecule has 1 aromatic carbocycles. The van der Waals surface area contributed by atoms with Crippen LogP contribution in [0.2, 0.25) is 10.0 Å². The predicted molar refractivity (Wildman–Crippen MR) is 111 cm³/mol. The highest BCUT2D eigenvalue weighted by atomic mass is 35.5. The molecule has 0 bridgehead atoms. The van der Waals surface area contributed by atoms with E-state index in [0.29, 0.717) is 61.6 Å². The lowest BCUT2D eigenvalue weighted by Crippen LogP contribution is -2.08. The van der Waals surface area contributed by atoms with E-state index in [9.17, 15) is 9.90 Å². The Balaban J connectivity index is 1.70. The third-order valence-electron chi connectivity index (χ3n) is 5.06. The van der Waals surface area contributed by atoms with Gasteiger partial charge >= 0.3 is 0 Å². The molecule has 1 saturated carbocycles. The van der Waals surface area contributed by atoms with Gasteiger partial charge in [0.25, 0.3) is 5.56 Å². The minimum atomic E-state index is -0.833. The summed E-state index contributed by atoms with van der Waals surface area (Å²) < 4.78 is 0. The van der Waals surface area contributed by atoms with Gasteiger partial charge in [-0.1, -0.05) is 23.2 Å².